The minimum atomic E-state index is -0.748. The molecule has 0 bridgehead atoms. The summed E-state index contributed by atoms with van der Waals surface area (Å²) in [5.41, 5.74) is 7.23. The quantitative estimate of drug-likeness (QED) is 0.693. The molecule has 1 amide bonds. The molecule has 126 valence electrons. The van der Waals surface area contributed by atoms with Crippen molar-refractivity contribution in [3.05, 3.63) is 59.6 Å². The van der Waals surface area contributed by atoms with Gasteiger partial charge in [0, 0.05) is 11.6 Å². The Kier molecular flexibility index (Phi) is 4.30. The Bertz CT molecular complexity index is 948. The number of aryl methyl sites for hydroxylation is 1. The van der Waals surface area contributed by atoms with Gasteiger partial charge in [0.1, 0.15) is 23.5 Å². The predicted octanol–water partition coefficient (Wildman–Crippen LogP) is 3.09. The van der Waals surface area contributed by atoms with Gasteiger partial charge in [0.15, 0.2) is 5.78 Å². The van der Waals surface area contributed by atoms with Crippen LogP contribution in [0.5, 0.6) is 0 Å². The van der Waals surface area contributed by atoms with E-state index in [1.54, 1.807) is 13.0 Å². The lowest BCUT2D eigenvalue weighted by Gasteiger charge is -2.06. The summed E-state index contributed by atoms with van der Waals surface area (Å²) in [4.78, 5) is 31.9. The molecule has 2 aromatic heterocycles. The Morgan fingerprint density at radius 3 is 2.48 bits per heavy atom. The number of aromatic nitrogens is 2. The minimum absolute atomic E-state index is 0.0184. The third-order valence-electron chi connectivity index (χ3n) is 3.66. The van der Waals surface area contributed by atoms with Crippen LogP contribution in [-0.4, -0.2) is 21.7 Å². The largest absolute Gasteiger partial charge is 0.444 e. The van der Waals surface area contributed by atoms with Gasteiger partial charge in [-0.2, -0.15) is 0 Å². The number of Topliss-reactive ketones (excluding diaryl/α,β-unsaturated/α-hetero) is 1. The molecule has 0 saturated carbocycles. The van der Waals surface area contributed by atoms with Crippen LogP contribution in [0.1, 0.15) is 33.4 Å². The second kappa shape index (κ2) is 6.56. The van der Waals surface area contributed by atoms with Crippen molar-refractivity contribution < 1.29 is 14.0 Å². The van der Waals surface area contributed by atoms with Crippen molar-refractivity contribution >= 4 is 23.4 Å². The molecule has 0 aliphatic rings. The van der Waals surface area contributed by atoms with Gasteiger partial charge in [0.05, 0.1) is 11.3 Å². The van der Waals surface area contributed by atoms with Gasteiger partial charge in [0.25, 0.3) is 5.91 Å². The smallest absolute Gasteiger partial charge is 0.255 e. The highest BCUT2D eigenvalue weighted by molar-refractivity contribution is 6.10. The molecule has 3 aromatic rings. The van der Waals surface area contributed by atoms with Crippen molar-refractivity contribution in [2.45, 2.75) is 13.8 Å². The molecule has 0 spiro atoms. The third-order valence-corrected chi connectivity index (χ3v) is 3.66. The Hall–Kier alpha value is -3.48. The van der Waals surface area contributed by atoms with Gasteiger partial charge in [-0.05, 0) is 13.8 Å². The number of hydrogen-bond acceptors (Lipinski definition) is 6. The van der Waals surface area contributed by atoms with E-state index in [2.05, 4.69) is 15.3 Å². The van der Waals surface area contributed by atoms with E-state index in [4.69, 9.17) is 10.2 Å². The first kappa shape index (κ1) is 16.4. The van der Waals surface area contributed by atoms with Crippen LogP contribution in [0, 0.1) is 6.92 Å². The van der Waals surface area contributed by atoms with Gasteiger partial charge in [-0.3, -0.25) is 9.59 Å². The number of hydrogen-bond donors (Lipinski definition) is 2. The molecule has 0 aliphatic heterocycles. The van der Waals surface area contributed by atoms with Crippen LogP contribution in [0.3, 0.4) is 0 Å². The Morgan fingerprint density at radius 2 is 1.84 bits per heavy atom. The lowest BCUT2D eigenvalue weighted by Crippen LogP contribution is -2.16. The zero-order valence-electron chi connectivity index (χ0n) is 13.7. The summed E-state index contributed by atoms with van der Waals surface area (Å²) in [6.07, 6.45) is 1.40. The molecule has 0 radical (unpaired) electrons. The number of rotatable bonds is 5. The monoisotopic (exact) mass is 336 g/mol. The molecular weight excluding hydrogens is 320 g/mol. The molecular formula is C18H16N4O3. The lowest BCUT2D eigenvalue weighted by molar-refractivity contribution is 0.0974. The molecule has 0 aliphatic carbocycles. The number of benzene rings is 1. The van der Waals surface area contributed by atoms with E-state index >= 15 is 0 Å². The number of nitrogens with two attached hydrogens (primary N) is 1. The van der Waals surface area contributed by atoms with Crippen molar-refractivity contribution in [1.29, 1.82) is 0 Å². The second-order valence-electron chi connectivity index (χ2n) is 5.44. The van der Waals surface area contributed by atoms with Gasteiger partial charge in [-0.25, -0.2) is 9.97 Å². The maximum Gasteiger partial charge on any atom is 0.255 e. The van der Waals surface area contributed by atoms with Crippen LogP contribution < -0.4 is 11.1 Å². The van der Waals surface area contributed by atoms with Crippen LogP contribution in [0.4, 0.5) is 11.7 Å². The molecule has 0 atom stereocenters. The molecule has 3 N–H and O–H groups in total. The van der Waals surface area contributed by atoms with E-state index in [1.165, 1.54) is 13.3 Å². The number of nitrogens with zero attached hydrogens (tertiary/aromatic N) is 2. The highest BCUT2D eigenvalue weighted by Gasteiger charge is 2.25. The van der Waals surface area contributed by atoms with Crippen molar-refractivity contribution in [2.24, 2.45) is 5.73 Å². The number of amides is 1. The summed E-state index contributed by atoms with van der Waals surface area (Å²) in [6, 6.07) is 11.3. The highest BCUT2D eigenvalue weighted by Crippen LogP contribution is 2.30. The van der Waals surface area contributed by atoms with E-state index in [0.29, 0.717) is 17.3 Å². The normalized spacial score (nSPS) is 10.5. The van der Waals surface area contributed by atoms with Crippen LogP contribution >= 0.6 is 0 Å². The molecule has 7 heteroatoms. The molecule has 0 saturated heterocycles. The maximum atomic E-state index is 11.8. The molecule has 0 fully saturated rings. The predicted molar refractivity (Wildman–Crippen MR) is 92.7 cm³/mol. The first-order valence-electron chi connectivity index (χ1n) is 7.56. The second-order valence-corrected chi connectivity index (χ2v) is 5.44. The first-order valence-corrected chi connectivity index (χ1v) is 7.56. The maximum absolute atomic E-state index is 11.8. The SMILES string of the molecule is CC(=O)c1c(C)oc(Nc2cc(-c3ccccc3)ncn2)c1C(N)=O. The molecule has 7 nitrogen and oxygen atoms in total. The fourth-order valence-electron chi connectivity index (χ4n) is 2.60. The molecule has 1 aromatic carbocycles. The average Bonchev–Trinajstić information content (AvgIpc) is 2.92. The number of primary amides is 1. The van der Waals surface area contributed by atoms with E-state index in [-0.39, 0.29) is 22.8 Å². The zero-order valence-corrected chi connectivity index (χ0v) is 13.7. The van der Waals surface area contributed by atoms with Crippen molar-refractivity contribution in [3.63, 3.8) is 0 Å². The Balaban J connectivity index is 2.00. The average molecular weight is 336 g/mol. The fraction of sp³-hybridized carbons (Fsp3) is 0.111. The van der Waals surface area contributed by atoms with E-state index in [9.17, 15) is 9.59 Å². The van der Waals surface area contributed by atoms with Crippen molar-refractivity contribution in [2.75, 3.05) is 5.32 Å². The summed E-state index contributed by atoms with van der Waals surface area (Å²) in [6.45, 7) is 2.95. The lowest BCUT2D eigenvalue weighted by atomic mass is 10.1. The summed E-state index contributed by atoms with van der Waals surface area (Å²) in [7, 11) is 0. The number of nitrogens with one attached hydrogen (secondary N) is 1. The molecule has 2 heterocycles. The van der Waals surface area contributed by atoms with Crippen LogP contribution in [0.25, 0.3) is 11.3 Å². The van der Waals surface area contributed by atoms with E-state index in [0.717, 1.165) is 5.56 Å². The van der Waals surface area contributed by atoms with Crippen LogP contribution in [0.2, 0.25) is 0 Å². The molecule has 0 unspecified atom stereocenters. The zero-order chi connectivity index (χ0) is 18.0. The number of anilines is 2. The number of carbonyl (C=O) groups excluding carboxylic acids is 2. The Morgan fingerprint density at radius 1 is 1.12 bits per heavy atom. The summed E-state index contributed by atoms with van der Waals surface area (Å²) in [5.74, 6) is -0.216. The minimum Gasteiger partial charge on any atom is -0.444 e. The van der Waals surface area contributed by atoms with E-state index in [1.807, 2.05) is 30.3 Å². The topological polar surface area (TPSA) is 111 Å². The van der Waals surface area contributed by atoms with Crippen LogP contribution in [-0.2, 0) is 0 Å². The fourth-order valence-corrected chi connectivity index (χ4v) is 2.60. The highest BCUT2D eigenvalue weighted by atomic mass is 16.4. The molecule has 25 heavy (non-hydrogen) atoms. The van der Waals surface area contributed by atoms with Gasteiger partial charge in [-0.1, -0.05) is 30.3 Å². The van der Waals surface area contributed by atoms with Crippen molar-refractivity contribution in [3.8, 4) is 11.3 Å². The van der Waals surface area contributed by atoms with Gasteiger partial charge in [0.2, 0.25) is 5.88 Å². The third kappa shape index (κ3) is 3.25. The Labute approximate surface area is 143 Å². The standard InChI is InChI=1S/C18H16N4O3/c1-10(23)15-11(2)25-18(16(15)17(19)24)22-14-8-13(20-9-21-14)12-6-4-3-5-7-12/h3-9H,1-2H3,(H2,19,24)(H,20,21,22). The van der Waals surface area contributed by atoms with Gasteiger partial charge in [-0.15, -0.1) is 0 Å². The van der Waals surface area contributed by atoms with Crippen molar-refractivity contribution in [1.82, 2.24) is 9.97 Å². The number of ketones is 1. The summed E-state index contributed by atoms with van der Waals surface area (Å²) >= 11 is 0. The van der Waals surface area contributed by atoms with Crippen LogP contribution in [0.15, 0.2) is 47.1 Å². The summed E-state index contributed by atoms with van der Waals surface area (Å²) < 4.78 is 5.52. The molecule has 3 rings (SSSR count). The summed E-state index contributed by atoms with van der Waals surface area (Å²) in [5, 5.41) is 2.91. The number of furan rings is 1. The number of carbonyl (C=O) groups is 2. The first-order chi connectivity index (χ1) is 12.0. The van der Waals surface area contributed by atoms with E-state index < -0.39 is 5.91 Å². The van der Waals surface area contributed by atoms with Gasteiger partial charge >= 0.3 is 0 Å². The van der Waals surface area contributed by atoms with Gasteiger partial charge < -0.3 is 15.5 Å².